The van der Waals surface area contributed by atoms with Gasteiger partial charge in [-0.3, -0.25) is 0 Å². The largest absolute Gasteiger partial charge is 0.368 e. The molecule has 0 spiro atoms. The molecular weight excluding hydrogens is 292 g/mol. The minimum atomic E-state index is -0.231. The third kappa shape index (κ3) is 5.46. The summed E-state index contributed by atoms with van der Waals surface area (Å²) in [5, 5.41) is 8.73. The summed E-state index contributed by atoms with van der Waals surface area (Å²) < 4.78 is 0. The maximum absolute atomic E-state index is 11.7. The predicted molar refractivity (Wildman–Crippen MR) is 93.0 cm³/mol. The number of nitrogens with zero attached hydrogens (tertiary/aromatic N) is 3. The normalized spacial score (nSPS) is 10.0. The van der Waals surface area contributed by atoms with Crippen molar-refractivity contribution in [3.05, 3.63) is 42.2 Å². The van der Waals surface area contributed by atoms with Crippen LogP contribution in [0.1, 0.15) is 5.82 Å². The number of hydrogen-bond donors (Lipinski definition) is 3. The number of rotatable bonds is 6. The van der Waals surface area contributed by atoms with Crippen LogP contribution in [0.5, 0.6) is 0 Å². The molecule has 1 aromatic carbocycles. The molecule has 0 bridgehead atoms. The van der Waals surface area contributed by atoms with Crippen molar-refractivity contribution in [3.63, 3.8) is 0 Å². The van der Waals surface area contributed by atoms with Crippen LogP contribution in [0.3, 0.4) is 0 Å². The lowest BCUT2D eigenvalue weighted by Crippen LogP contribution is -2.32. The molecule has 1 heterocycles. The van der Waals surface area contributed by atoms with Crippen molar-refractivity contribution in [2.45, 2.75) is 6.92 Å². The Morgan fingerprint density at radius 3 is 2.57 bits per heavy atom. The first-order valence-corrected chi connectivity index (χ1v) is 7.41. The van der Waals surface area contributed by atoms with E-state index in [9.17, 15) is 4.79 Å². The third-order valence-electron chi connectivity index (χ3n) is 3.03. The Kier molecular flexibility index (Phi) is 5.74. The molecule has 0 fully saturated rings. The molecule has 7 heteroatoms. The molecule has 7 nitrogen and oxygen atoms in total. The molecule has 2 amide bonds. The van der Waals surface area contributed by atoms with Crippen LogP contribution in [0.2, 0.25) is 0 Å². The number of urea groups is 1. The Morgan fingerprint density at radius 1 is 1.13 bits per heavy atom. The number of aromatic nitrogens is 2. The molecule has 0 saturated carbocycles. The molecule has 0 saturated heterocycles. The monoisotopic (exact) mass is 314 g/mol. The lowest BCUT2D eigenvalue weighted by Gasteiger charge is -2.14. The molecule has 0 radical (unpaired) electrons. The van der Waals surface area contributed by atoms with Crippen LogP contribution in [-0.4, -0.2) is 43.2 Å². The van der Waals surface area contributed by atoms with E-state index in [0.717, 1.165) is 17.3 Å². The van der Waals surface area contributed by atoms with Crippen LogP contribution in [0.15, 0.2) is 36.4 Å². The van der Waals surface area contributed by atoms with Crippen molar-refractivity contribution in [1.29, 1.82) is 0 Å². The van der Waals surface area contributed by atoms with Crippen LogP contribution >= 0.6 is 0 Å². The van der Waals surface area contributed by atoms with Gasteiger partial charge in [-0.15, -0.1) is 0 Å². The van der Waals surface area contributed by atoms with Crippen LogP contribution in [-0.2, 0) is 0 Å². The van der Waals surface area contributed by atoms with Gasteiger partial charge in [0.2, 0.25) is 0 Å². The van der Waals surface area contributed by atoms with Gasteiger partial charge in [0.25, 0.3) is 0 Å². The van der Waals surface area contributed by atoms with Crippen molar-refractivity contribution in [3.8, 4) is 0 Å². The number of nitrogens with one attached hydrogen (secondary N) is 3. The zero-order valence-corrected chi connectivity index (χ0v) is 13.6. The third-order valence-corrected chi connectivity index (χ3v) is 3.03. The van der Waals surface area contributed by atoms with E-state index in [0.29, 0.717) is 18.9 Å². The summed E-state index contributed by atoms with van der Waals surface area (Å²) in [5.41, 5.74) is 0.764. The summed E-state index contributed by atoms with van der Waals surface area (Å²) in [6.07, 6.45) is 0. The fourth-order valence-corrected chi connectivity index (χ4v) is 1.93. The van der Waals surface area contributed by atoms with Gasteiger partial charge in [-0.05, 0) is 19.1 Å². The van der Waals surface area contributed by atoms with E-state index < -0.39 is 0 Å². The fraction of sp³-hybridized carbons (Fsp3) is 0.312. The first-order chi connectivity index (χ1) is 11.0. The summed E-state index contributed by atoms with van der Waals surface area (Å²) in [7, 11) is 3.86. The second kappa shape index (κ2) is 7.98. The number of carbonyl (C=O) groups is 1. The van der Waals surface area contributed by atoms with E-state index in [4.69, 9.17) is 0 Å². The van der Waals surface area contributed by atoms with E-state index in [2.05, 4.69) is 25.9 Å². The second-order valence-electron chi connectivity index (χ2n) is 5.23. The lowest BCUT2D eigenvalue weighted by molar-refractivity contribution is 0.252. The molecule has 3 N–H and O–H groups in total. The summed E-state index contributed by atoms with van der Waals surface area (Å²) in [5.74, 6) is 2.29. The molecule has 122 valence electrons. The second-order valence-corrected chi connectivity index (χ2v) is 5.23. The van der Waals surface area contributed by atoms with E-state index in [-0.39, 0.29) is 6.03 Å². The molecule has 0 aliphatic carbocycles. The predicted octanol–water partition coefficient (Wildman–Crippen LogP) is 2.08. The van der Waals surface area contributed by atoms with Gasteiger partial charge in [0.1, 0.15) is 17.5 Å². The first kappa shape index (κ1) is 16.5. The Labute approximate surface area is 136 Å². The van der Waals surface area contributed by atoms with Crippen molar-refractivity contribution < 1.29 is 4.79 Å². The maximum atomic E-state index is 11.7. The van der Waals surface area contributed by atoms with E-state index >= 15 is 0 Å². The molecule has 0 aliphatic heterocycles. The summed E-state index contributed by atoms with van der Waals surface area (Å²) in [6.45, 7) is 2.91. The number of amides is 2. The first-order valence-electron chi connectivity index (χ1n) is 7.41. The van der Waals surface area contributed by atoms with Crippen LogP contribution < -0.4 is 20.9 Å². The minimum Gasteiger partial charge on any atom is -0.368 e. The SMILES string of the molecule is Cc1nc(NCCNC(=O)Nc2ccccc2)cc(N(C)C)n1. The molecule has 2 aromatic rings. The molecule has 2 rings (SSSR count). The van der Waals surface area contributed by atoms with Crippen molar-refractivity contribution >= 4 is 23.4 Å². The molecule has 0 unspecified atom stereocenters. The Bertz CT molecular complexity index is 644. The van der Waals surface area contributed by atoms with Crippen molar-refractivity contribution in [1.82, 2.24) is 15.3 Å². The van der Waals surface area contributed by atoms with Gasteiger partial charge < -0.3 is 20.9 Å². The van der Waals surface area contributed by atoms with Gasteiger partial charge in [0.05, 0.1) is 0 Å². The van der Waals surface area contributed by atoms with E-state index in [1.165, 1.54) is 0 Å². The van der Waals surface area contributed by atoms with Gasteiger partial charge in [-0.25, -0.2) is 14.8 Å². The lowest BCUT2D eigenvalue weighted by atomic mass is 10.3. The zero-order chi connectivity index (χ0) is 16.7. The van der Waals surface area contributed by atoms with Crippen molar-refractivity contribution in [2.24, 2.45) is 0 Å². The summed E-state index contributed by atoms with van der Waals surface area (Å²) in [6, 6.07) is 11.0. The van der Waals surface area contributed by atoms with Gasteiger partial charge in [0.15, 0.2) is 0 Å². The van der Waals surface area contributed by atoms with E-state index in [1.807, 2.05) is 62.3 Å². The number of aryl methyl sites for hydroxylation is 1. The average Bonchev–Trinajstić information content (AvgIpc) is 2.52. The Hall–Kier alpha value is -2.83. The van der Waals surface area contributed by atoms with Crippen molar-refractivity contribution in [2.75, 3.05) is 42.7 Å². The quantitative estimate of drug-likeness (QED) is 0.711. The average molecular weight is 314 g/mol. The van der Waals surface area contributed by atoms with Gasteiger partial charge in [0, 0.05) is 38.9 Å². The molecule has 23 heavy (non-hydrogen) atoms. The van der Waals surface area contributed by atoms with Crippen LogP contribution in [0.4, 0.5) is 22.1 Å². The number of hydrogen-bond acceptors (Lipinski definition) is 5. The molecular formula is C16H22N6O. The van der Waals surface area contributed by atoms with Crippen LogP contribution in [0.25, 0.3) is 0 Å². The smallest absolute Gasteiger partial charge is 0.319 e. The zero-order valence-electron chi connectivity index (χ0n) is 13.6. The summed E-state index contributed by atoms with van der Waals surface area (Å²) in [4.78, 5) is 22.3. The Morgan fingerprint density at radius 2 is 1.87 bits per heavy atom. The minimum absolute atomic E-state index is 0.231. The number of anilines is 3. The molecule has 0 aliphatic rings. The highest BCUT2D eigenvalue weighted by Gasteiger charge is 2.04. The van der Waals surface area contributed by atoms with Crippen LogP contribution in [0, 0.1) is 6.92 Å². The topological polar surface area (TPSA) is 82.2 Å². The highest BCUT2D eigenvalue weighted by atomic mass is 16.2. The standard InChI is InChI=1S/C16H22N6O/c1-12-19-14(11-15(20-12)22(2)3)17-9-10-18-16(23)21-13-7-5-4-6-8-13/h4-8,11H,9-10H2,1-3H3,(H,17,19,20)(H2,18,21,23). The maximum Gasteiger partial charge on any atom is 0.319 e. The number of para-hydroxylation sites is 1. The van der Waals surface area contributed by atoms with Gasteiger partial charge >= 0.3 is 6.03 Å². The fourth-order valence-electron chi connectivity index (χ4n) is 1.93. The highest BCUT2D eigenvalue weighted by Crippen LogP contribution is 2.12. The summed E-state index contributed by atoms with van der Waals surface area (Å²) >= 11 is 0. The molecule has 1 aromatic heterocycles. The number of benzene rings is 1. The molecule has 0 atom stereocenters. The number of carbonyl (C=O) groups excluding carboxylic acids is 1. The van der Waals surface area contributed by atoms with E-state index in [1.54, 1.807) is 0 Å². The highest BCUT2D eigenvalue weighted by molar-refractivity contribution is 5.89. The Balaban J connectivity index is 1.76. The van der Waals surface area contributed by atoms with Gasteiger partial charge in [-0.2, -0.15) is 0 Å². The van der Waals surface area contributed by atoms with Gasteiger partial charge in [-0.1, -0.05) is 18.2 Å².